The number of carbonyl (C=O) groups excluding carboxylic acids is 1. The maximum atomic E-state index is 12.4. The second kappa shape index (κ2) is 8.13. The zero-order chi connectivity index (χ0) is 17.8. The third-order valence-corrected chi connectivity index (χ3v) is 6.15. The lowest BCUT2D eigenvalue weighted by atomic mass is 9.96. The predicted octanol–water partition coefficient (Wildman–Crippen LogP) is 2.91. The highest BCUT2D eigenvalue weighted by atomic mass is 79.9. The number of aryl methyl sites for hydroxylation is 1. The highest BCUT2D eigenvalue weighted by Gasteiger charge is 2.22. The number of anilines is 1. The first-order valence-electron chi connectivity index (χ1n) is 8.47. The Hall–Kier alpha value is -1.68. The highest BCUT2D eigenvalue weighted by molar-refractivity contribution is 9.10. The van der Waals surface area contributed by atoms with E-state index in [2.05, 4.69) is 39.4 Å². The first-order valence-corrected chi connectivity index (χ1v) is 10.1. The second-order valence-electron chi connectivity index (χ2n) is 6.51. The molecule has 1 unspecified atom stereocenters. The molecule has 1 aromatic carbocycles. The van der Waals surface area contributed by atoms with Crippen LogP contribution < -0.4 is 10.2 Å². The van der Waals surface area contributed by atoms with Gasteiger partial charge in [-0.05, 0) is 43.4 Å². The molecule has 0 spiro atoms. The van der Waals surface area contributed by atoms with E-state index in [1.807, 2.05) is 19.2 Å². The van der Waals surface area contributed by atoms with Gasteiger partial charge in [-0.1, -0.05) is 28.1 Å². The molecule has 4 nitrogen and oxygen atoms in total. The number of amides is 1. The van der Waals surface area contributed by atoms with Crippen molar-refractivity contribution in [2.75, 3.05) is 18.9 Å². The zero-order valence-corrected chi connectivity index (χ0v) is 16.6. The number of hydrogen-bond donors (Lipinski definition) is 2. The normalized spacial score (nSPS) is 14.4. The number of nitrogens with zero attached hydrogens (tertiary/aromatic N) is 1. The summed E-state index contributed by atoms with van der Waals surface area (Å²) >= 11 is 5.01. The van der Waals surface area contributed by atoms with Gasteiger partial charge in [0.25, 0.3) is 5.91 Å². The van der Waals surface area contributed by atoms with Gasteiger partial charge in [0.1, 0.15) is 17.6 Å². The van der Waals surface area contributed by atoms with Crippen molar-refractivity contribution < 1.29 is 9.69 Å². The molecule has 1 aliphatic carbocycles. The van der Waals surface area contributed by atoms with E-state index in [4.69, 9.17) is 0 Å². The van der Waals surface area contributed by atoms with Crippen LogP contribution in [0.25, 0.3) is 0 Å². The minimum atomic E-state index is -0.0373. The monoisotopic (exact) mass is 418 g/mol. The van der Waals surface area contributed by atoms with Crippen LogP contribution in [-0.2, 0) is 24.2 Å². The molecule has 25 heavy (non-hydrogen) atoms. The molecule has 0 saturated heterocycles. The van der Waals surface area contributed by atoms with E-state index >= 15 is 0 Å². The fourth-order valence-corrected chi connectivity index (χ4v) is 4.75. The van der Waals surface area contributed by atoms with E-state index in [9.17, 15) is 10.1 Å². The van der Waals surface area contributed by atoms with Crippen molar-refractivity contribution in [3.63, 3.8) is 0 Å². The average Bonchev–Trinajstić information content (AvgIpc) is 2.93. The van der Waals surface area contributed by atoms with E-state index in [1.165, 1.54) is 16.9 Å². The fraction of sp³-hybridized carbons (Fsp3) is 0.368. The number of nitrogens with one attached hydrogen (secondary N) is 2. The largest absolute Gasteiger partial charge is 0.326 e. The minimum Gasteiger partial charge on any atom is -0.326 e. The van der Waals surface area contributed by atoms with Gasteiger partial charge in [-0.15, -0.1) is 11.3 Å². The molecule has 2 N–H and O–H groups in total. The Bertz CT molecular complexity index is 807. The summed E-state index contributed by atoms with van der Waals surface area (Å²) < 4.78 is 1.05. The Morgan fingerprint density at radius 2 is 2.04 bits per heavy atom. The molecule has 0 bridgehead atoms. The number of halogens is 1. The fourth-order valence-electron chi connectivity index (χ4n) is 3.23. The van der Waals surface area contributed by atoms with Gasteiger partial charge in [0.15, 0.2) is 6.54 Å². The SMILES string of the molecule is C[NH+](CC(=O)Nc1sc2c(c1C#N)CCCC2)Cc1ccc(Br)cc1. The molecule has 1 aromatic heterocycles. The Morgan fingerprint density at radius 3 is 2.76 bits per heavy atom. The molecule has 0 aliphatic heterocycles. The summed E-state index contributed by atoms with van der Waals surface area (Å²) in [5.41, 5.74) is 3.03. The number of fused-ring (bicyclic) bond motifs is 1. The lowest BCUT2D eigenvalue weighted by molar-refractivity contribution is -0.885. The summed E-state index contributed by atoms with van der Waals surface area (Å²) in [6, 6.07) is 10.4. The van der Waals surface area contributed by atoms with Gasteiger partial charge in [-0.25, -0.2) is 0 Å². The number of likely N-dealkylation sites (N-methyl/N-ethyl adjacent to an activating group) is 1. The van der Waals surface area contributed by atoms with Gasteiger partial charge in [-0.2, -0.15) is 5.26 Å². The van der Waals surface area contributed by atoms with Crippen LogP contribution in [-0.4, -0.2) is 19.5 Å². The van der Waals surface area contributed by atoms with Gasteiger partial charge < -0.3 is 10.2 Å². The topological polar surface area (TPSA) is 57.3 Å². The number of carbonyl (C=O) groups is 1. The number of hydrogen-bond acceptors (Lipinski definition) is 3. The van der Waals surface area contributed by atoms with Crippen LogP contribution in [0.4, 0.5) is 5.00 Å². The summed E-state index contributed by atoms with van der Waals surface area (Å²) in [6.07, 6.45) is 4.29. The van der Waals surface area contributed by atoms with Gasteiger partial charge in [-0.3, -0.25) is 4.79 Å². The summed E-state index contributed by atoms with van der Waals surface area (Å²) in [4.78, 5) is 14.8. The Balaban J connectivity index is 1.62. The maximum Gasteiger partial charge on any atom is 0.280 e. The van der Waals surface area contributed by atoms with Crippen molar-refractivity contribution in [3.05, 3.63) is 50.3 Å². The number of quaternary nitrogens is 1. The van der Waals surface area contributed by atoms with E-state index in [0.717, 1.165) is 45.7 Å². The minimum absolute atomic E-state index is 0.0373. The number of rotatable bonds is 5. The molecule has 1 aliphatic rings. The summed E-state index contributed by atoms with van der Waals surface area (Å²) in [7, 11) is 2.01. The second-order valence-corrected chi connectivity index (χ2v) is 8.53. The maximum absolute atomic E-state index is 12.4. The van der Waals surface area contributed by atoms with Crippen LogP contribution in [0.3, 0.4) is 0 Å². The molecule has 1 atom stereocenters. The molecular weight excluding hydrogens is 398 g/mol. The first-order chi connectivity index (χ1) is 12.1. The third kappa shape index (κ3) is 4.49. The average molecular weight is 419 g/mol. The van der Waals surface area contributed by atoms with Crippen molar-refractivity contribution in [1.29, 1.82) is 5.26 Å². The molecule has 6 heteroatoms. The smallest absolute Gasteiger partial charge is 0.280 e. The van der Waals surface area contributed by atoms with Crippen molar-refractivity contribution in [3.8, 4) is 6.07 Å². The number of thiophene rings is 1. The molecule has 0 saturated carbocycles. The molecule has 2 aromatic rings. The summed E-state index contributed by atoms with van der Waals surface area (Å²) in [6.45, 7) is 1.16. The predicted molar refractivity (Wildman–Crippen MR) is 104 cm³/mol. The van der Waals surface area contributed by atoms with Crippen molar-refractivity contribution in [2.24, 2.45) is 0 Å². The first kappa shape index (κ1) is 18.1. The van der Waals surface area contributed by atoms with Crippen LogP contribution >= 0.6 is 27.3 Å². The molecule has 1 heterocycles. The van der Waals surface area contributed by atoms with Crippen LogP contribution in [0.2, 0.25) is 0 Å². The Labute approximate surface area is 160 Å². The van der Waals surface area contributed by atoms with Gasteiger partial charge in [0.2, 0.25) is 0 Å². The molecule has 130 valence electrons. The lowest BCUT2D eigenvalue weighted by Crippen LogP contribution is -3.08. The zero-order valence-electron chi connectivity index (χ0n) is 14.2. The van der Waals surface area contributed by atoms with Gasteiger partial charge >= 0.3 is 0 Å². The van der Waals surface area contributed by atoms with Crippen LogP contribution in [0.15, 0.2) is 28.7 Å². The Morgan fingerprint density at radius 1 is 1.32 bits per heavy atom. The number of nitriles is 1. The Kier molecular flexibility index (Phi) is 5.89. The number of benzene rings is 1. The van der Waals surface area contributed by atoms with E-state index < -0.39 is 0 Å². The standard InChI is InChI=1S/C19H20BrN3OS/c1-23(11-13-6-8-14(20)9-7-13)12-18(24)22-19-16(10-21)15-4-2-3-5-17(15)25-19/h6-9H,2-5,11-12H2,1H3,(H,22,24)/p+1. The van der Waals surface area contributed by atoms with Crippen LogP contribution in [0.1, 0.15) is 34.4 Å². The van der Waals surface area contributed by atoms with Crippen molar-refractivity contribution >= 4 is 38.2 Å². The quantitative estimate of drug-likeness (QED) is 0.783. The van der Waals surface area contributed by atoms with Crippen LogP contribution in [0, 0.1) is 11.3 Å². The summed E-state index contributed by atoms with van der Waals surface area (Å²) in [5.74, 6) is -0.0373. The van der Waals surface area contributed by atoms with Crippen molar-refractivity contribution in [1.82, 2.24) is 0 Å². The summed E-state index contributed by atoms with van der Waals surface area (Å²) in [5, 5.41) is 13.2. The molecule has 3 rings (SSSR count). The van der Waals surface area contributed by atoms with E-state index in [0.29, 0.717) is 12.1 Å². The third-order valence-electron chi connectivity index (χ3n) is 4.42. The van der Waals surface area contributed by atoms with Crippen LogP contribution in [0.5, 0.6) is 0 Å². The van der Waals surface area contributed by atoms with E-state index in [1.54, 1.807) is 11.3 Å². The van der Waals surface area contributed by atoms with Gasteiger partial charge in [0, 0.05) is 14.9 Å². The highest BCUT2D eigenvalue weighted by Crippen LogP contribution is 2.37. The van der Waals surface area contributed by atoms with E-state index in [-0.39, 0.29) is 5.91 Å². The van der Waals surface area contributed by atoms with Crippen molar-refractivity contribution in [2.45, 2.75) is 32.2 Å². The lowest BCUT2D eigenvalue weighted by Gasteiger charge is -2.13. The molecular formula is C19H21BrN3OS+. The molecule has 1 amide bonds. The van der Waals surface area contributed by atoms with Gasteiger partial charge in [0.05, 0.1) is 12.6 Å². The molecule has 0 radical (unpaired) electrons. The molecule has 0 fully saturated rings.